The highest BCUT2D eigenvalue weighted by molar-refractivity contribution is 5.71. The number of unbranched alkanes of at least 4 members (excludes halogenated alkanes) is 20. The standard InChI is InChI=1S/C60H98O6/c1-4-7-10-13-16-19-22-25-27-29-30-31-33-35-38-41-44-47-50-53-59(62)65-56-57(55-64-58(61)52-49-46-43-40-37-34-24-21-18-15-12-9-6-3)66-60(63)54-51-48-45-42-39-36-32-28-26-23-20-17-14-11-8-5-2/h8-9,11-12,15,17-18,20-21,24,26,28-30,36,39,45,48,57H,4-7,10,13-14,16,19,22-23,25,27,31-35,37-38,40-44,46-47,49-56H2,1-3H3/b11-8+,12-9+,18-15+,20-17+,24-21+,28-26+,30-29+,39-36+,48-45+. The molecule has 0 aliphatic heterocycles. The Labute approximate surface area is 406 Å². The monoisotopic (exact) mass is 915 g/mol. The molecule has 0 heterocycles. The van der Waals surface area contributed by atoms with Crippen molar-refractivity contribution in [2.75, 3.05) is 13.2 Å². The average molecular weight is 915 g/mol. The fraction of sp³-hybridized carbons (Fsp3) is 0.650. The third kappa shape index (κ3) is 51.1. The van der Waals surface area contributed by atoms with Crippen LogP contribution >= 0.6 is 0 Å². The molecular formula is C60H98O6. The molecule has 0 saturated carbocycles. The van der Waals surface area contributed by atoms with Crippen molar-refractivity contribution < 1.29 is 28.6 Å². The molecule has 0 fully saturated rings. The molecule has 6 nitrogen and oxygen atoms in total. The minimum Gasteiger partial charge on any atom is -0.462 e. The molecule has 0 aliphatic carbocycles. The SMILES string of the molecule is CC/C=C/C=C/C=C/CCCCCCCC(=O)OCC(COC(=O)CCCCCCCCC/C=C/CCCCCCCCCC)OC(=O)CC/C=C/C/C=C/C/C=C/C/C=C/C/C=C/CC. The Morgan fingerprint density at radius 2 is 0.697 bits per heavy atom. The molecule has 0 spiro atoms. The molecular weight excluding hydrogens is 817 g/mol. The maximum atomic E-state index is 12.8. The van der Waals surface area contributed by atoms with Crippen LogP contribution in [0.15, 0.2) is 109 Å². The second kappa shape index (κ2) is 53.7. The number of hydrogen-bond acceptors (Lipinski definition) is 6. The average Bonchev–Trinajstić information content (AvgIpc) is 3.31. The zero-order valence-electron chi connectivity index (χ0n) is 42.7. The van der Waals surface area contributed by atoms with E-state index in [4.69, 9.17) is 14.2 Å². The number of esters is 3. The Hall–Kier alpha value is -3.93. The van der Waals surface area contributed by atoms with Crippen molar-refractivity contribution >= 4 is 17.9 Å². The first kappa shape index (κ1) is 62.1. The van der Waals surface area contributed by atoms with Crippen LogP contribution in [-0.4, -0.2) is 37.2 Å². The maximum Gasteiger partial charge on any atom is 0.306 e. The Bertz CT molecular complexity index is 1370. The van der Waals surface area contributed by atoms with Crippen LogP contribution in [0.3, 0.4) is 0 Å². The van der Waals surface area contributed by atoms with E-state index in [0.717, 1.165) is 96.3 Å². The minimum atomic E-state index is -0.829. The van der Waals surface area contributed by atoms with Gasteiger partial charge in [-0.15, -0.1) is 0 Å². The smallest absolute Gasteiger partial charge is 0.306 e. The molecule has 0 radical (unpaired) electrons. The Morgan fingerprint density at radius 3 is 1.15 bits per heavy atom. The molecule has 0 aromatic rings. The van der Waals surface area contributed by atoms with Gasteiger partial charge in [0.05, 0.1) is 0 Å². The number of hydrogen-bond donors (Lipinski definition) is 0. The number of allylic oxidation sites excluding steroid dienone is 18. The number of carbonyl (C=O) groups is 3. The van der Waals surface area contributed by atoms with Crippen LogP contribution in [0.1, 0.15) is 233 Å². The molecule has 374 valence electrons. The molecule has 0 N–H and O–H groups in total. The van der Waals surface area contributed by atoms with Crippen LogP contribution in [0.4, 0.5) is 0 Å². The van der Waals surface area contributed by atoms with E-state index < -0.39 is 12.1 Å². The molecule has 0 aliphatic rings. The molecule has 0 aromatic heterocycles. The maximum absolute atomic E-state index is 12.8. The number of carbonyl (C=O) groups excluding carboxylic acids is 3. The molecule has 0 aromatic carbocycles. The lowest BCUT2D eigenvalue weighted by atomic mass is 10.1. The van der Waals surface area contributed by atoms with Crippen molar-refractivity contribution in [1.82, 2.24) is 0 Å². The van der Waals surface area contributed by atoms with Gasteiger partial charge in [0.25, 0.3) is 0 Å². The van der Waals surface area contributed by atoms with Gasteiger partial charge in [-0.1, -0.05) is 226 Å². The summed E-state index contributed by atoms with van der Waals surface area (Å²) < 4.78 is 16.7. The summed E-state index contributed by atoms with van der Waals surface area (Å²) in [7, 11) is 0. The lowest BCUT2D eigenvalue weighted by molar-refractivity contribution is -0.166. The van der Waals surface area contributed by atoms with Gasteiger partial charge in [0, 0.05) is 19.3 Å². The quantitative estimate of drug-likeness (QED) is 0.0199. The zero-order valence-corrected chi connectivity index (χ0v) is 42.7. The van der Waals surface area contributed by atoms with Gasteiger partial charge in [-0.25, -0.2) is 0 Å². The van der Waals surface area contributed by atoms with Gasteiger partial charge in [-0.05, 0) is 96.3 Å². The summed E-state index contributed by atoms with van der Waals surface area (Å²) in [5.41, 5.74) is 0. The number of ether oxygens (including phenoxy) is 3. The van der Waals surface area contributed by atoms with Crippen molar-refractivity contribution in [3.8, 4) is 0 Å². The van der Waals surface area contributed by atoms with Crippen molar-refractivity contribution in [2.24, 2.45) is 0 Å². The van der Waals surface area contributed by atoms with E-state index in [0.29, 0.717) is 19.3 Å². The van der Waals surface area contributed by atoms with E-state index in [9.17, 15) is 14.4 Å². The van der Waals surface area contributed by atoms with Gasteiger partial charge in [-0.2, -0.15) is 0 Å². The predicted molar refractivity (Wildman–Crippen MR) is 283 cm³/mol. The second-order valence-corrected chi connectivity index (χ2v) is 17.4. The molecule has 66 heavy (non-hydrogen) atoms. The molecule has 0 saturated heterocycles. The van der Waals surface area contributed by atoms with E-state index >= 15 is 0 Å². The lowest BCUT2D eigenvalue weighted by Crippen LogP contribution is -2.30. The van der Waals surface area contributed by atoms with Crippen LogP contribution in [0.25, 0.3) is 0 Å². The highest BCUT2D eigenvalue weighted by Gasteiger charge is 2.19. The minimum absolute atomic E-state index is 0.118. The first-order valence-electron chi connectivity index (χ1n) is 26.9. The first-order chi connectivity index (χ1) is 32.5. The van der Waals surface area contributed by atoms with Gasteiger partial charge in [0.1, 0.15) is 13.2 Å². The summed E-state index contributed by atoms with van der Waals surface area (Å²) in [4.78, 5) is 38.0. The van der Waals surface area contributed by atoms with Crippen molar-refractivity contribution in [3.63, 3.8) is 0 Å². The van der Waals surface area contributed by atoms with E-state index in [1.54, 1.807) is 0 Å². The van der Waals surface area contributed by atoms with E-state index in [1.807, 2.05) is 12.2 Å². The van der Waals surface area contributed by atoms with Crippen molar-refractivity contribution in [3.05, 3.63) is 109 Å². The summed E-state index contributed by atoms with van der Waals surface area (Å²) in [6, 6.07) is 0. The highest BCUT2D eigenvalue weighted by Crippen LogP contribution is 2.14. The van der Waals surface area contributed by atoms with E-state index in [-0.39, 0.29) is 31.6 Å². The summed E-state index contributed by atoms with van der Waals surface area (Å²) in [6.07, 6.45) is 72.3. The Morgan fingerprint density at radius 1 is 0.333 bits per heavy atom. The molecule has 6 heteroatoms. The van der Waals surface area contributed by atoms with Gasteiger partial charge >= 0.3 is 17.9 Å². The van der Waals surface area contributed by atoms with Crippen LogP contribution < -0.4 is 0 Å². The van der Waals surface area contributed by atoms with Crippen LogP contribution in [0, 0.1) is 0 Å². The molecule has 0 amide bonds. The fourth-order valence-corrected chi connectivity index (χ4v) is 7.07. The Kier molecular flexibility index (Phi) is 50.5. The third-order valence-electron chi connectivity index (χ3n) is 11.1. The summed E-state index contributed by atoms with van der Waals surface area (Å²) in [6.45, 7) is 6.30. The molecule has 1 unspecified atom stereocenters. The van der Waals surface area contributed by atoms with Gasteiger partial charge in [-0.3, -0.25) is 14.4 Å². The van der Waals surface area contributed by atoms with Crippen LogP contribution in [-0.2, 0) is 28.6 Å². The van der Waals surface area contributed by atoms with Crippen LogP contribution in [0.2, 0.25) is 0 Å². The van der Waals surface area contributed by atoms with E-state index in [2.05, 4.69) is 118 Å². The van der Waals surface area contributed by atoms with Crippen LogP contribution in [0.5, 0.6) is 0 Å². The summed E-state index contributed by atoms with van der Waals surface area (Å²) >= 11 is 0. The molecule has 0 rings (SSSR count). The highest BCUT2D eigenvalue weighted by atomic mass is 16.6. The summed E-state index contributed by atoms with van der Waals surface area (Å²) in [5.74, 6) is -1.03. The van der Waals surface area contributed by atoms with Gasteiger partial charge in [0.15, 0.2) is 6.10 Å². The van der Waals surface area contributed by atoms with E-state index in [1.165, 1.54) is 89.9 Å². The van der Waals surface area contributed by atoms with Crippen molar-refractivity contribution in [2.45, 2.75) is 239 Å². The predicted octanol–water partition coefficient (Wildman–Crippen LogP) is 17.9. The largest absolute Gasteiger partial charge is 0.462 e. The number of rotatable bonds is 47. The summed E-state index contributed by atoms with van der Waals surface area (Å²) in [5, 5.41) is 0. The first-order valence-corrected chi connectivity index (χ1v) is 26.9. The van der Waals surface area contributed by atoms with Crippen molar-refractivity contribution in [1.29, 1.82) is 0 Å². The second-order valence-electron chi connectivity index (χ2n) is 17.4. The van der Waals surface area contributed by atoms with Gasteiger partial charge < -0.3 is 14.2 Å². The van der Waals surface area contributed by atoms with Gasteiger partial charge in [0.2, 0.25) is 0 Å². The molecule has 0 bridgehead atoms. The molecule has 1 atom stereocenters. The lowest BCUT2D eigenvalue weighted by Gasteiger charge is -2.18. The zero-order chi connectivity index (χ0) is 47.9. The normalized spacial score (nSPS) is 13.0. The Balaban J connectivity index is 4.50. The fourth-order valence-electron chi connectivity index (χ4n) is 7.07. The topological polar surface area (TPSA) is 78.9 Å². The third-order valence-corrected chi connectivity index (χ3v) is 11.1.